The molecule has 4 aromatic rings. The summed E-state index contributed by atoms with van der Waals surface area (Å²) in [6.45, 7) is 5.28. The molecule has 0 unspecified atom stereocenters. The molecule has 0 bridgehead atoms. The fourth-order valence-corrected chi connectivity index (χ4v) is 6.35. The number of hydrogen-bond donors (Lipinski definition) is 2. The first kappa shape index (κ1) is 26.2. The Kier molecular flexibility index (Phi) is 7.35. The van der Waals surface area contributed by atoms with E-state index in [1.165, 1.54) is 0 Å². The molecule has 1 spiro atoms. The minimum absolute atomic E-state index is 0.0689. The van der Waals surface area contributed by atoms with Crippen molar-refractivity contribution in [3.63, 3.8) is 0 Å². The number of hydrogen-bond acceptors (Lipinski definition) is 4. The van der Waals surface area contributed by atoms with E-state index in [0.29, 0.717) is 18.5 Å². The van der Waals surface area contributed by atoms with E-state index in [0.717, 1.165) is 72.2 Å². The summed E-state index contributed by atoms with van der Waals surface area (Å²) in [5.74, 6) is 0.0990. The molecular formula is C34H36N4O2. The maximum absolute atomic E-state index is 14.3. The molecule has 1 atom stereocenters. The topological polar surface area (TPSA) is 74.3 Å². The third-order valence-corrected chi connectivity index (χ3v) is 8.68. The highest BCUT2D eigenvalue weighted by Gasteiger charge is 2.41. The maximum Gasteiger partial charge on any atom is 0.252 e. The molecule has 2 N–H and O–H groups in total. The van der Waals surface area contributed by atoms with Gasteiger partial charge in [-0.1, -0.05) is 85.8 Å². The van der Waals surface area contributed by atoms with Crippen LogP contribution in [0.15, 0.2) is 84.9 Å². The highest BCUT2D eigenvalue weighted by molar-refractivity contribution is 6.09. The van der Waals surface area contributed by atoms with Crippen LogP contribution >= 0.6 is 0 Å². The molecule has 2 amide bonds. The van der Waals surface area contributed by atoms with Crippen LogP contribution in [0.5, 0.6) is 0 Å². The van der Waals surface area contributed by atoms with Crippen molar-refractivity contribution in [2.24, 2.45) is 5.41 Å². The molecular weight excluding hydrogens is 496 g/mol. The molecule has 0 saturated carbocycles. The van der Waals surface area contributed by atoms with Crippen LogP contribution in [0.25, 0.3) is 22.2 Å². The number of aromatic nitrogens is 1. The zero-order chi connectivity index (χ0) is 27.5. The summed E-state index contributed by atoms with van der Waals surface area (Å²) < 4.78 is 0. The predicted molar refractivity (Wildman–Crippen MR) is 159 cm³/mol. The molecule has 3 aromatic carbocycles. The second-order valence-electron chi connectivity index (χ2n) is 11.3. The van der Waals surface area contributed by atoms with Crippen molar-refractivity contribution in [2.45, 2.75) is 45.2 Å². The number of para-hydroxylation sites is 1. The summed E-state index contributed by atoms with van der Waals surface area (Å²) in [4.78, 5) is 33.8. The largest absolute Gasteiger partial charge is 0.356 e. The molecule has 0 aliphatic carbocycles. The summed E-state index contributed by atoms with van der Waals surface area (Å²) in [5.41, 5.74) is 5.51. The molecule has 2 aliphatic rings. The summed E-state index contributed by atoms with van der Waals surface area (Å²) >= 11 is 0. The van der Waals surface area contributed by atoms with Gasteiger partial charge in [-0.25, -0.2) is 4.98 Å². The second-order valence-corrected chi connectivity index (χ2v) is 11.3. The summed E-state index contributed by atoms with van der Waals surface area (Å²) in [7, 11) is 0. The molecule has 40 heavy (non-hydrogen) atoms. The summed E-state index contributed by atoms with van der Waals surface area (Å²) in [6.07, 6.45) is 3.36. The van der Waals surface area contributed by atoms with Gasteiger partial charge in [-0.05, 0) is 49.4 Å². The van der Waals surface area contributed by atoms with E-state index in [-0.39, 0.29) is 23.3 Å². The molecule has 3 heterocycles. The van der Waals surface area contributed by atoms with Gasteiger partial charge in [-0.3, -0.25) is 14.5 Å². The Morgan fingerprint density at radius 3 is 2.33 bits per heavy atom. The number of piperidine rings is 1. The average molecular weight is 533 g/mol. The number of nitrogens with zero attached hydrogens (tertiary/aromatic N) is 2. The maximum atomic E-state index is 14.3. The lowest BCUT2D eigenvalue weighted by Crippen LogP contribution is -2.41. The quantitative estimate of drug-likeness (QED) is 0.312. The molecule has 2 aliphatic heterocycles. The van der Waals surface area contributed by atoms with E-state index in [1.807, 2.05) is 60.7 Å². The van der Waals surface area contributed by atoms with Gasteiger partial charge < -0.3 is 10.6 Å². The second kappa shape index (κ2) is 11.2. The molecule has 6 rings (SSSR count). The first-order valence-corrected chi connectivity index (χ1v) is 14.4. The van der Waals surface area contributed by atoms with Crippen LogP contribution in [0, 0.1) is 5.41 Å². The Morgan fingerprint density at radius 1 is 0.975 bits per heavy atom. The number of rotatable bonds is 7. The lowest BCUT2D eigenvalue weighted by Gasteiger charge is -2.38. The molecule has 204 valence electrons. The standard InChI is InChI=1S/C34H36N4O2/c1-2-28(24-11-5-3-6-12-24)37-33(40)31-26-15-9-10-16-29(26)36-32(25-13-7-4-8-14-25)27(31)22-38-19-17-34(18-20-38)21-30(39)35-23-34/h3-16,28H,2,17-23H2,1H3,(H,35,39)(H,37,40)/t28-/m0/s1. The lowest BCUT2D eigenvalue weighted by atomic mass is 9.77. The third kappa shape index (κ3) is 5.24. The van der Waals surface area contributed by atoms with E-state index in [9.17, 15) is 9.59 Å². The van der Waals surface area contributed by atoms with Gasteiger partial charge in [0.15, 0.2) is 0 Å². The number of fused-ring (bicyclic) bond motifs is 1. The normalized spacial score (nSPS) is 17.6. The summed E-state index contributed by atoms with van der Waals surface area (Å²) in [6, 6.07) is 28.2. The Bertz CT molecular complexity index is 1510. The van der Waals surface area contributed by atoms with Gasteiger partial charge in [0.25, 0.3) is 5.91 Å². The van der Waals surface area contributed by atoms with Gasteiger partial charge in [-0.2, -0.15) is 0 Å². The van der Waals surface area contributed by atoms with Crippen molar-refractivity contribution >= 4 is 22.7 Å². The fourth-order valence-electron chi connectivity index (χ4n) is 6.35. The first-order chi connectivity index (χ1) is 19.5. The molecule has 0 radical (unpaired) electrons. The van der Waals surface area contributed by atoms with Crippen molar-refractivity contribution in [1.82, 2.24) is 20.5 Å². The van der Waals surface area contributed by atoms with Crippen LogP contribution in [0.1, 0.15) is 60.1 Å². The number of pyridine rings is 1. The van der Waals surface area contributed by atoms with Gasteiger partial charge in [0, 0.05) is 36.0 Å². The van der Waals surface area contributed by atoms with Crippen LogP contribution < -0.4 is 10.6 Å². The molecule has 2 saturated heterocycles. The molecule has 6 nitrogen and oxygen atoms in total. The molecule has 2 fully saturated rings. The Hall–Kier alpha value is -4.03. The predicted octanol–water partition coefficient (Wildman–Crippen LogP) is 5.89. The average Bonchev–Trinajstić information content (AvgIpc) is 3.36. The first-order valence-electron chi connectivity index (χ1n) is 14.4. The minimum atomic E-state index is -0.0871. The number of carbonyl (C=O) groups is 2. The highest BCUT2D eigenvalue weighted by atomic mass is 16.2. The van der Waals surface area contributed by atoms with E-state index >= 15 is 0 Å². The van der Waals surface area contributed by atoms with Crippen molar-refractivity contribution < 1.29 is 9.59 Å². The zero-order valence-corrected chi connectivity index (χ0v) is 23.0. The number of carbonyl (C=O) groups excluding carboxylic acids is 2. The third-order valence-electron chi connectivity index (χ3n) is 8.68. The van der Waals surface area contributed by atoms with Crippen molar-refractivity contribution in [1.29, 1.82) is 0 Å². The fraction of sp³-hybridized carbons (Fsp3) is 0.324. The van der Waals surface area contributed by atoms with Crippen molar-refractivity contribution in [2.75, 3.05) is 19.6 Å². The van der Waals surface area contributed by atoms with E-state index in [4.69, 9.17) is 4.98 Å². The Morgan fingerprint density at radius 2 is 1.65 bits per heavy atom. The number of nitrogens with one attached hydrogen (secondary N) is 2. The van der Waals surface area contributed by atoms with E-state index in [2.05, 4.69) is 46.7 Å². The van der Waals surface area contributed by atoms with Gasteiger partial charge in [0.05, 0.1) is 22.8 Å². The Labute approximate surface area is 235 Å². The van der Waals surface area contributed by atoms with Gasteiger partial charge in [-0.15, -0.1) is 0 Å². The van der Waals surface area contributed by atoms with Crippen LogP contribution in [-0.4, -0.2) is 41.3 Å². The van der Waals surface area contributed by atoms with Crippen LogP contribution in [0.3, 0.4) is 0 Å². The van der Waals surface area contributed by atoms with Crippen molar-refractivity contribution in [3.8, 4) is 11.3 Å². The van der Waals surface area contributed by atoms with E-state index in [1.54, 1.807) is 0 Å². The van der Waals surface area contributed by atoms with Crippen molar-refractivity contribution in [3.05, 3.63) is 102 Å². The molecule has 1 aromatic heterocycles. The zero-order valence-electron chi connectivity index (χ0n) is 23.0. The van der Waals surface area contributed by atoms with Gasteiger partial charge in [0.2, 0.25) is 5.91 Å². The smallest absolute Gasteiger partial charge is 0.252 e. The van der Waals surface area contributed by atoms with E-state index < -0.39 is 0 Å². The number of likely N-dealkylation sites (tertiary alicyclic amines) is 1. The van der Waals surface area contributed by atoms with Crippen LogP contribution in [-0.2, 0) is 11.3 Å². The number of amides is 2. The summed E-state index contributed by atoms with van der Waals surface area (Å²) in [5, 5.41) is 7.27. The highest BCUT2D eigenvalue weighted by Crippen LogP contribution is 2.39. The lowest BCUT2D eigenvalue weighted by molar-refractivity contribution is -0.119. The minimum Gasteiger partial charge on any atom is -0.356 e. The van der Waals surface area contributed by atoms with Crippen LogP contribution in [0.2, 0.25) is 0 Å². The van der Waals surface area contributed by atoms with Gasteiger partial charge in [0.1, 0.15) is 0 Å². The number of benzene rings is 3. The van der Waals surface area contributed by atoms with Crippen LogP contribution in [0.4, 0.5) is 0 Å². The van der Waals surface area contributed by atoms with Gasteiger partial charge >= 0.3 is 0 Å². The monoisotopic (exact) mass is 532 g/mol. The molecule has 6 heteroatoms. The Balaban J connectivity index is 1.41. The SMILES string of the molecule is CC[C@H](NC(=O)c1c(CN2CCC3(CC2)CNC(=O)C3)c(-c2ccccc2)nc2ccccc12)c1ccccc1.